The Labute approximate surface area is 104 Å². The molecule has 1 aliphatic heterocycles. The Balaban J connectivity index is 2.18. The van der Waals surface area contributed by atoms with E-state index in [4.69, 9.17) is 4.74 Å². The Morgan fingerprint density at radius 2 is 2.22 bits per heavy atom. The van der Waals surface area contributed by atoms with Crippen molar-refractivity contribution in [1.82, 2.24) is 0 Å². The first kappa shape index (κ1) is 14.4. The molecule has 0 aromatic heterocycles. The number of carbonyl (C=O) groups is 3. The Bertz CT molecular complexity index is 325. The fourth-order valence-electron chi connectivity index (χ4n) is 1.58. The lowest BCUT2D eigenvalue weighted by Gasteiger charge is -2.12. The van der Waals surface area contributed by atoms with Crippen LogP contribution in [0.4, 0.5) is 4.79 Å². The molecule has 1 N–H and O–H groups in total. The number of carbonyl (C=O) groups excluding carboxylic acids is 3. The zero-order valence-corrected chi connectivity index (χ0v) is 10.1. The van der Waals surface area contributed by atoms with Gasteiger partial charge in [0.1, 0.15) is 18.5 Å². The van der Waals surface area contributed by atoms with Crippen LogP contribution in [-0.4, -0.2) is 48.9 Å². The molecule has 0 spiro atoms. The minimum Gasteiger partial charge on any atom is -0.469 e. The molecule has 1 fully saturated rings. The molecule has 7 heteroatoms. The quantitative estimate of drug-likeness (QED) is 0.652. The van der Waals surface area contributed by atoms with Crippen molar-refractivity contribution in [3.63, 3.8) is 0 Å². The monoisotopic (exact) mass is 260 g/mol. The van der Waals surface area contributed by atoms with Crippen LogP contribution in [0.5, 0.6) is 0 Å². The van der Waals surface area contributed by atoms with Crippen LogP contribution in [0.25, 0.3) is 0 Å². The standard InChI is InChI=1S/C11H16O7/c1-16-10(14)3-2-7(12)4-8(13)5-9-6-17-11(15)18-9/h8-9,13H,2-6H2,1H3/t8-,9+/m0/s1. The smallest absolute Gasteiger partial charge is 0.469 e. The minimum atomic E-state index is -0.908. The average Bonchev–Trinajstić information content (AvgIpc) is 2.71. The number of cyclic esters (lactones) is 2. The first-order valence-corrected chi connectivity index (χ1v) is 5.61. The first-order chi connectivity index (χ1) is 8.51. The van der Waals surface area contributed by atoms with E-state index in [1.165, 1.54) is 7.11 Å². The van der Waals surface area contributed by atoms with Crippen LogP contribution >= 0.6 is 0 Å². The van der Waals surface area contributed by atoms with Crippen LogP contribution in [0.15, 0.2) is 0 Å². The van der Waals surface area contributed by atoms with Gasteiger partial charge in [0, 0.05) is 19.3 Å². The molecule has 0 aliphatic carbocycles. The molecule has 0 aromatic carbocycles. The number of aliphatic hydroxyl groups is 1. The van der Waals surface area contributed by atoms with Crippen LogP contribution in [0.3, 0.4) is 0 Å². The number of hydrogen-bond acceptors (Lipinski definition) is 7. The molecule has 2 atom stereocenters. The predicted molar refractivity (Wildman–Crippen MR) is 57.7 cm³/mol. The van der Waals surface area contributed by atoms with Crippen LogP contribution in [0.2, 0.25) is 0 Å². The lowest BCUT2D eigenvalue weighted by Crippen LogP contribution is -2.22. The number of hydrogen-bond donors (Lipinski definition) is 1. The van der Waals surface area contributed by atoms with Gasteiger partial charge in [0.2, 0.25) is 0 Å². The van der Waals surface area contributed by atoms with Gasteiger partial charge in [0.25, 0.3) is 0 Å². The molecule has 1 saturated heterocycles. The van der Waals surface area contributed by atoms with Crippen LogP contribution in [0.1, 0.15) is 25.7 Å². The molecular formula is C11H16O7. The van der Waals surface area contributed by atoms with Crippen molar-refractivity contribution >= 4 is 17.9 Å². The van der Waals surface area contributed by atoms with Gasteiger partial charge in [-0.05, 0) is 0 Å². The van der Waals surface area contributed by atoms with Crippen LogP contribution in [-0.2, 0) is 23.8 Å². The van der Waals surface area contributed by atoms with Gasteiger partial charge < -0.3 is 19.3 Å². The van der Waals surface area contributed by atoms with Gasteiger partial charge in [-0.2, -0.15) is 0 Å². The SMILES string of the molecule is COC(=O)CCC(=O)C[C@H](O)C[C@@H]1COC(=O)O1. The molecule has 1 aliphatic rings. The molecule has 0 bridgehead atoms. The Kier molecular flexibility index (Phi) is 5.57. The minimum absolute atomic E-state index is 0.00355. The number of rotatable bonds is 7. The summed E-state index contributed by atoms with van der Waals surface area (Å²) in [6, 6.07) is 0. The van der Waals surface area contributed by atoms with E-state index in [9.17, 15) is 19.5 Å². The highest BCUT2D eigenvalue weighted by molar-refractivity contribution is 5.83. The largest absolute Gasteiger partial charge is 0.508 e. The maximum atomic E-state index is 11.4. The van der Waals surface area contributed by atoms with Crippen molar-refractivity contribution in [3.8, 4) is 0 Å². The van der Waals surface area contributed by atoms with Gasteiger partial charge in [-0.15, -0.1) is 0 Å². The normalized spacial score (nSPS) is 19.9. The van der Waals surface area contributed by atoms with E-state index >= 15 is 0 Å². The maximum Gasteiger partial charge on any atom is 0.508 e. The Morgan fingerprint density at radius 3 is 2.78 bits per heavy atom. The highest BCUT2D eigenvalue weighted by Crippen LogP contribution is 2.14. The zero-order chi connectivity index (χ0) is 13.5. The lowest BCUT2D eigenvalue weighted by atomic mass is 10.0. The Morgan fingerprint density at radius 1 is 1.50 bits per heavy atom. The second kappa shape index (κ2) is 6.95. The summed E-state index contributed by atoms with van der Waals surface area (Å²) in [5.74, 6) is -0.700. The van der Waals surface area contributed by atoms with Gasteiger partial charge in [0.15, 0.2) is 0 Å². The van der Waals surface area contributed by atoms with E-state index in [0.29, 0.717) is 0 Å². The first-order valence-electron chi connectivity index (χ1n) is 5.61. The summed E-state index contributed by atoms with van der Waals surface area (Å²) in [6.45, 7) is 0.0895. The van der Waals surface area contributed by atoms with Crippen molar-refractivity contribution in [2.24, 2.45) is 0 Å². The topological polar surface area (TPSA) is 99.1 Å². The van der Waals surface area contributed by atoms with Crippen molar-refractivity contribution in [2.75, 3.05) is 13.7 Å². The number of Topliss-reactive ketones (excluding diaryl/α,β-unsaturated/α-hetero) is 1. The lowest BCUT2D eigenvalue weighted by molar-refractivity contribution is -0.142. The van der Waals surface area contributed by atoms with E-state index < -0.39 is 24.3 Å². The van der Waals surface area contributed by atoms with E-state index in [1.54, 1.807) is 0 Å². The number of ketones is 1. The molecule has 0 radical (unpaired) electrons. The second-order valence-electron chi connectivity index (χ2n) is 4.01. The summed E-state index contributed by atoms with van der Waals surface area (Å²) in [7, 11) is 1.25. The molecule has 1 rings (SSSR count). The molecule has 1 heterocycles. The average molecular weight is 260 g/mol. The summed E-state index contributed by atoms with van der Waals surface area (Å²) in [5, 5.41) is 9.60. The number of esters is 1. The molecule has 0 aromatic rings. The summed E-state index contributed by atoms with van der Waals surface area (Å²) in [5.41, 5.74) is 0. The second-order valence-corrected chi connectivity index (χ2v) is 4.01. The predicted octanol–water partition coefficient (Wildman–Crippen LogP) is 0.185. The van der Waals surface area contributed by atoms with Gasteiger partial charge in [0.05, 0.1) is 19.6 Å². The van der Waals surface area contributed by atoms with Crippen LogP contribution < -0.4 is 0 Å². The molecule has 102 valence electrons. The molecular weight excluding hydrogens is 244 g/mol. The van der Waals surface area contributed by atoms with E-state index in [-0.39, 0.29) is 38.1 Å². The van der Waals surface area contributed by atoms with Crippen LogP contribution in [0, 0.1) is 0 Å². The maximum absolute atomic E-state index is 11.4. The fraction of sp³-hybridized carbons (Fsp3) is 0.727. The molecule has 7 nitrogen and oxygen atoms in total. The van der Waals surface area contributed by atoms with E-state index in [1.807, 2.05) is 0 Å². The Hall–Kier alpha value is -1.63. The summed E-state index contributed by atoms with van der Waals surface area (Å²) in [4.78, 5) is 32.8. The molecule has 0 unspecified atom stereocenters. The van der Waals surface area contributed by atoms with Crippen molar-refractivity contribution in [3.05, 3.63) is 0 Å². The molecule has 0 amide bonds. The highest BCUT2D eigenvalue weighted by Gasteiger charge is 2.27. The van der Waals surface area contributed by atoms with Gasteiger partial charge in [-0.3, -0.25) is 9.59 Å². The number of aliphatic hydroxyl groups excluding tert-OH is 1. The summed E-state index contributed by atoms with van der Waals surface area (Å²) < 4.78 is 13.7. The molecule has 0 saturated carbocycles. The van der Waals surface area contributed by atoms with Gasteiger partial charge >= 0.3 is 12.1 Å². The van der Waals surface area contributed by atoms with Crippen molar-refractivity contribution < 1.29 is 33.7 Å². The van der Waals surface area contributed by atoms with Gasteiger partial charge in [-0.1, -0.05) is 0 Å². The molecule has 18 heavy (non-hydrogen) atoms. The van der Waals surface area contributed by atoms with Crippen molar-refractivity contribution in [1.29, 1.82) is 0 Å². The number of ether oxygens (including phenoxy) is 3. The third-order valence-corrected chi connectivity index (χ3v) is 2.48. The number of methoxy groups -OCH3 is 1. The third-order valence-electron chi connectivity index (χ3n) is 2.48. The van der Waals surface area contributed by atoms with E-state index in [0.717, 1.165) is 0 Å². The summed E-state index contributed by atoms with van der Waals surface area (Å²) in [6.07, 6.45) is -2.07. The van der Waals surface area contributed by atoms with E-state index in [2.05, 4.69) is 9.47 Å². The summed E-state index contributed by atoms with van der Waals surface area (Å²) >= 11 is 0. The third kappa shape index (κ3) is 5.13. The van der Waals surface area contributed by atoms with Crippen molar-refractivity contribution in [2.45, 2.75) is 37.9 Å². The fourth-order valence-corrected chi connectivity index (χ4v) is 1.58. The zero-order valence-electron chi connectivity index (χ0n) is 10.1. The van der Waals surface area contributed by atoms with Gasteiger partial charge in [-0.25, -0.2) is 4.79 Å². The highest BCUT2D eigenvalue weighted by atomic mass is 16.8.